The van der Waals surface area contributed by atoms with Crippen LogP contribution in [-0.4, -0.2) is 25.7 Å². The summed E-state index contributed by atoms with van der Waals surface area (Å²) in [6, 6.07) is 0. The fraction of sp³-hybridized carbons (Fsp3) is 0.714. The van der Waals surface area contributed by atoms with Gasteiger partial charge in [-0.05, 0) is 6.42 Å². The summed E-state index contributed by atoms with van der Waals surface area (Å²) in [7, 11) is 1.25. The van der Waals surface area contributed by atoms with Crippen LogP contribution < -0.4 is 0 Å². The molecule has 0 aliphatic heterocycles. The van der Waals surface area contributed by atoms with Gasteiger partial charge in [0.25, 0.3) is 0 Å². The molecule has 0 aliphatic rings. The van der Waals surface area contributed by atoms with Gasteiger partial charge in [-0.25, -0.2) is 4.79 Å². The maximum atomic E-state index is 10.6. The van der Waals surface area contributed by atoms with Crippen LogP contribution in [0.1, 0.15) is 19.8 Å². The Morgan fingerprint density at radius 3 is 2.36 bits per heavy atom. The molecule has 0 aromatic rings. The molecule has 0 aromatic heterocycles. The van der Waals surface area contributed by atoms with Gasteiger partial charge < -0.3 is 9.47 Å². The SMILES string of the molecule is CCCC(=O)OCC(=O)OC. The van der Waals surface area contributed by atoms with Gasteiger partial charge in [-0.2, -0.15) is 0 Å². The number of carbonyl (C=O) groups is 2. The molecular formula is C7H12O4. The minimum Gasteiger partial charge on any atom is -0.466 e. The van der Waals surface area contributed by atoms with Crippen molar-refractivity contribution in [2.45, 2.75) is 19.8 Å². The Kier molecular flexibility index (Phi) is 5.15. The second kappa shape index (κ2) is 5.70. The summed E-state index contributed by atoms with van der Waals surface area (Å²) in [6.07, 6.45) is 1.07. The molecule has 4 nitrogen and oxygen atoms in total. The summed E-state index contributed by atoms with van der Waals surface area (Å²) in [6.45, 7) is 1.58. The maximum absolute atomic E-state index is 10.6. The van der Waals surface area contributed by atoms with Gasteiger partial charge in [0.05, 0.1) is 7.11 Å². The standard InChI is InChI=1S/C7H12O4/c1-3-4-6(8)11-5-7(9)10-2/h3-5H2,1-2H3. The Hall–Kier alpha value is -1.06. The van der Waals surface area contributed by atoms with Crippen LogP contribution in [0.5, 0.6) is 0 Å². The monoisotopic (exact) mass is 160 g/mol. The molecule has 64 valence electrons. The lowest BCUT2D eigenvalue weighted by atomic mass is 10.3. The number of hydrogen-bond donors (Lipinski definition) is 0. The molecule has 0 heterocycles. The molecule has 0 fully saturated rings. The van der Waals surface area contributed by atoms with Crippen LogP contribution in [-0.2, 0) is 19.1 Å². The van der Waals surface area contributed by atoms with Crippen molar-refractivity contribution >= 4 is 11.9 Å². The van der Waals surface area contributed by atoms with Gasteiger partial charge in [0, 0.05) is 6.42 Å². The molecule has 0 aliphatic carbocycles. The summed E-state index contributed by atoms with van der Waals surface area (Å²) in [5, 5.41) is 0. The average molecular weight is 160 g/mol. The van der Waals surface area contributed by atoms with Crippen LogP contribution in [0.3, 0.4) is 0 Å². The van der Waals surface area contributed by atoms with Gasteiger partial charge >= 0.3 is 11.9 Å². The number of methoxy groups -OCH3 is 1. The Labute approximate surface area is 65.5 Å². The zero-order valence-electron chi connectivity index (χ0n) is 6.75. The summed E-state index contributed by atoms with van der Waals surface area (Å²) >= 11 is 0. The van der Waals surface area contributed by atoms with E-state index in [-0.39, 0.29) is 12.6 Å². The molecule has 4 heteroatoms. The number of esters is 2. The molecule has 0 rings (SSSR count). The second-order valence-electron chi connectivity index (χ2n) is 1.99. The first-order chi connectivity index (χ1) is 5.20. The lowest BCUT2D eigenvalue weighted by molar-refractivity contribution is -0.156. The summed E-state index contributed by atoms with van der Waals surface area (Å²) in [5.41, 5.74) is 0. The quantitative estimate of drug-likeness (QED) is 0.562. The molecule has 0 unspecified atom stereocenters. The van der Waals surface area contributed by atoms with Crippen molar-refractivity contribution in [3.63, 3.8) is 0 Å². The molecule has 0 bridgehead atoms. The van der Waals surface area contributed by atoms with Crippen LogP contribution in [0.25, 0.3) is 0 Å². The number of rotatable bonds is 4. The zero-order chi connectivity index (χ0) is 8.69. The summed E-state index contributed by atoms with van der Waals surface area (Å²) < 4.78 is 8.78. The van der Waals surface area contributed by atoms with E-state index >= 15 is 0 Å². The minimum absolute atomic E-state index is 0.282. The van der Waals surface area contributed by atoms with Crippen LogP contribution >= 0.6 is 0 Å². The van der Waals surface area contributed by atoms with Crippen LogP contribution in [0.4, 0.5) is 0 Å². The van der Waals surface area contributed by atoms with Crippen LogP contribution in [0, 0.1) is 0 Å². The normalized spacial score (nSPS) is 8.91. The van der Waals surface area contributed by atoms with Crippen molar-refractivity contribution in [3.05, 3.63) is 0 Å². The van der Waals surface area contributed by atoms with E-state index in [1.807, 2.05) is 6.92 Å². The summed E-state index contributed by atoms with van der Waals surface area (Å²) in [4.78, 5) is 21.1. The van der Waals surface area contributed by atoms with Gasteiger partial charge in [0.1, 0.15) is 0 Å². The van der Waals surface area contributed by atoms with E-state index in [1.165, 1.54) is 7.11 Å². The Balaban J connectivity index is 3.38. The number of hydrogen-bond acceptors (Lipinski definition) is 4. The molecule has 0 N–H and O–H groups in total. The predicted octanol–water partition coefficient (Wildman–Crippen LogP) is 0.503. The third-order valence-corrected chi connectivity index (χ3v) is 1.03. The van der Waals surface area contributed by atoms with E-state index in [4.69, 9.17) is 0 Å². The van der Waals surface area contributed by atoms with Crippen molar-refractivity contribution < 1.29 is 19.1 Å². The van der Waals surface area contributed by atoms with Crippen LogP contribution in [0.2, 0.25) is 0 Å². The largest absolute Gasteiger partial charge is 0.466 e. The molecule has 0 amide bonds. The minimum atomic E-state index is -0.533. The highest BCUT2D eigenvalue weighted by Crippen LogP contribution is 1.90. The first-order valence-electron chi connectivity index (χ1n) is 3.43. The Morgan fingerprint density at radius 2 is 1.91 bits per heavy atom. The highest BCUT2D eigenvalue weighted by atomic mass is 16.6. The number of carbonyl (C=O) groups excluding carboxylic acids is 2. The molecule has 0 radical (unpaired) electrons. The van der Waals surface area contributed by atoms with Gasteiger partial charge in [0.2, 0.25) is 0 Å². The summed E-state index contributed by atoms with van der Waals surface area (Å²) in [5.74, 6) is -0.896. The number of ether oxygens (including phenoxy) is 2. The van der Waals surface area contributed by atoms with Crippen molar-refractivity contribution in [1.82, 2.24) is 0 Å². The van der Waals surface area contributed by atoms with Gasteiger partial charge in [-0.1, -0.05) is 6.92 Å². The molecule has 11 heavy (non-hydrogen) atoms. The van der Waals surface area contributed by atoms with Crippen molar-refractivity contribution in [2.24, 2.45) is 0 Å². The first-order valence-corrected chi connectivity index (χ1v) is 3.43. The highest BCUT2D eigenvalue weighted by Gasteiger charge is 2.04. The van der Waals surface area contributed by atoms with Crippen molar-refractivity contribution in [3.8, 4) is 0 Å². The Morgan fingerprint density at radius 1 is 1.27 bits per heavy atom. The first kappa shape index (κ1) is 9.94. The van der Waals surface area contributed by atoms with Crippen molar-refractivity contribution in [1.29, 1.82) is 0 Å². The van der Waals surface area contributed by atoms with E-state index < -0.39 is 5.97 Å². The van der Waals surface area contributed by atoms with Gasteiger partial charge in [-0.3, -0.25) is 4.79 Å². The predicted molar refractivity (Wildman–Crippen MR) is 37.9 cm³/mol. The Bertz CT molecular complexity index is 141. The molecule has 0 spiro atoms. The lowest BCUT2D eigenvalue weighted by Gasteiger charge is -2.00. The third-order valence-electron chi connectivity index (χ3n) is 1.03. The topological polar surface area (TPSA) is 52.6 Å². The lowest BCUT2D eigenvalue weighted by Crippen LogP contribution is -2.14. The molecular weight excluding hydrogens is 148 g/mol. The molecule has 0 aromatic carbocycles. The van der Waals surface area contributed by atoms with E-state index in [9.17, 15) is 9.59 Å². The second-order valence-corrected chi connectivity index (χ2v) is 1.99. The molecule has 0 saturated carbocycles. The van der Waals surface area contributed by atoms with Gasteiger partial charge in [-0.15, -0.1) is 0 Å². The van der Waals surface area contributed by atoms with E-state index in [0.29, 0.717) is 6.42 Å². The third kappa shape index (κ3) is 5.39. The smallest absolute Gasteiger partial charge is 0.344 e. The van der Waals surface area contributed by atoms with E-state index in [0.717, 1.165) is 6.42 Å². The zero-order valence-corrected chi connectivity index (χ0v) is 6.75. The van der Waals surface area contributed by atoms with E-state index in [1.54, 1.807) is 0 Å². The van der Waals surface area contributed by atoms with Gasteiger partial charge in [0.15, 0.2) is 6.61 Å². The molecule has 0 atom stereocenters. The molecule has 0 saturated heterocycles. The average Bonchev–Trinajstić information content (AvgIpc) is 2.01. The fourth-order valence-electron chi connectivity index (χ4n) is 0.475. The fourth-order valence-corrected chi connectivity index (χ4v) is 0.475. The highest BCUT2D eigenvalue weighted by molar-refractivity contribution is 5.76. The van der Waals surface area contributed by atoms with Crippen LogP contribution in [0.15, 0.2) is 0 Å². The van der Waals surface area contributed by atoms with E-state index in [2.05, 4.69) is 9.47 Å². The maximum Gasteiger partial charge on any atom is 0.344 e. The van der Waals surface area contributed by atoms with Crippen molar-refractivity contribution in [2.75, 3.05) is 13.7 Å².